The standard InChI is InChI=1S/C36H49ClN2O10S/c1-20-10-9-11-28(46-7)36(44)19-27(47-34(43)38-36)21(2)32-35(4,49-32)29(48-33(42)22(3)39(5)30(41)12-13-50-8)18-25(40)17-24-15-23(14-20)16-26(45-6)31(24)37/h9-11,15-16,21-22,27-29,32,44H,12-14,17-19H2,1-8H3,(H,38,43)/b11-9+,20-10+/t21-,22+,27+,28-,29+,32+,35+,36+/m1/s1. The van der Waals surface area contributed by atoms with E-state index in [1.165, 1.54) is 30.9 Å². The maximum atomic E-state index is 13.8. The molecule has 0 aromatic heterocycles. The molecule has 276 valence electrons. The number of carbonyl (C=O) groups is 4. The van der Waals surface area contributed by atoms with Crippen molar-refractivity contribution >= 4 is 47.1 Å². The van der Waals surface area contributed by atoms with Crippen LogP contribution in [0.4, 0.5) is 4.79 Å². The lowest BCUT2D eigenvalue weighted by Crippen LogP contribution is -2.63. The van der Waals surface area contributed by atoms with Crippen molar-refractivity contribution in [2.24, 2.45) is 5.92 Å². The van der Waals surface area contributed by atoms with Gasteiger partial charge in [0.2, 0.25) is 5.91 Å². The highest BCUT2D eigenvalue weighted by Crippen LogP contribution is 2.49. The minimum Gasteiger partial charge on any atom is -0.495 e. The zero-order valence-corrected chi connectivity index (χ0v) is 31.5. The summed E-state index contributed by atoms with van der Waals surface area (Å²) in [4.78, 5) is 54.2. The molecule has 0 saturated carbocycles. The minimum absolute atomic E-state index is 0.0328. The smallest absolute Gasteiger partial charge is 0.409 e. The molecule has 8 atom stereocenters. The summed E-state index contributed by atoms with van der Waals surface area (Å²) < 4.78 is 29.1. The van der Waals surface area contributed by atoms with Gasteiger partial charge in [-0.15, -0.1) is 0 Å². The Morgan fingerprint density at radius 1 is 1.24 bits per heavy atom. The highest BCUT2D eigenvalue weighted by Gasteiger charge is 2.64. The Morgan fingerprint density at radius 2 is 1.96 bits per heavy atom. The third-order valence-electron chi connectivity index (χ3n) is 9.84. The number of halogens is 1. The molecule has 1 aromatic rings. The molecule has 3 aliphatic rings. The fraction of sp³-hybridized carbons (Fsp3) is 0.611. The number of aliphatic hydroxyl groups is 1. The van der Waals surface area contributed by atoms with Crippen LogP contribution in [0.5, 0.6) is 5.75 Å². The van der Waals surface area contributed by atoms with Crippen LogP contribution >= 0.6 is 23.4 Å². The highest BCUT2D eigenvalue weighted by atomic mass is 35.5. The molecular weight excluding hydrogens is 688 g/mol. The lowest BCUT2D eigenvalue weighted by Gasteiger charge is -2.42. The van der Waals surface area contributed by atoms with E-state index in [4.69, 9.17) is 35.3 Å². The number of hydrogen-bond donors (Lipinski definition) is 2. The predicted molar refractivity (Wildman–Crippen MR) is 189 cm³/mol. The number of rotatable bonds is 8. The van der Waals surface area contributed by atoms with Gasteiger partial charge in [0.25, 0.3) is 0 Å². The van der Waals surface area contributed by atoms with Gasteiger partial charge < -0.3 is 33.7 Å². The maximum Gasteiger partial charge on any atom is 0.409 e. The van der Waals surface area contributed by atoms with Crippen LogP contribution in [0.25, 0.3) is 0 Å². The molecule has 2 amide bonds. The first kappa shape index (κ1) is 39.7. The molecular formula is C36H49ClN2O10S. The highest BCUT2D eigenvalue weighted by molar-refractivity contribution is 7.98. The van der Waals surface area contributed by atoms with Crippen LogP contribution in [0.3, 0.4) is 0 Å². The number of Topliss-reactive ketones (excluding diaryl/α,β-unsaturated/α-hetero) is 1. The van der Waals surface area contributed by atoms with Gasteiger partial charge in [-0.3, -0.25) is 14.9 Å². The first-order valence-electron chi connectivity index (χ1n) is 16.6. The molecule has 2 saturated heterocycles. The predicted octanol–water partition coefficient (Wildman–Crippen LogP) is 4.42. The topological polar surface area (TPSA) is 153 Å². The summed E-state index contributed by atoms with van der Waals surface area (Å²) >= 11 is 8.22. The number of fused-ring (bicyclic) bond motifs is 5. The summed E-state index contributed by atoms with van der Waals surface area (Å²) in [7, 11) is 4.48. The Hall–Kier alpha value is -3.10. The maximum absolute atomic E-state index is 13.8. The summed E-state index contributed by atoms with van der Waals surface area (Å²) in [5.41, 5.74) is -0.598. The van der Waals surface area contributed by atoms with Crippen LogP contribution in [0.15, 0.2) is 35.9 Å². The quantitative estimate of drug-likeness (QED) is 0.288. The normalized spacial score (nSPS) is 32.3. The van der Waals surface area contributed by atoms with E-state index >= 15 is 0 Å². The van der Waals surface area contributed by atoms with Gasteiger partial charge in [-0.1, -0.05) is 48.4 Å². The first-order chi connectivity index (χ1) is 23.6. The molecule has 50 heavy (non-hydrogen) atoms. The molecule has 2 N–H and O–H groups in total. The van der Waals surface area contributed by atoms with Crippen molar-refractivity contribution in [2.75, 3.05) is 33.3 Å². The molecule has 12 nitrogen and oxygen atoms in total. The molecule has 4 rings (SSSR count). The molecule has 1 aromatic carbocycles. The Morgan fingerprint density at radius 3 is 2.62 bits per heavy atom. The number of ether oxygens (including phenoxy) is 5. The van der Waals surface area contributed by atoms with Crippen LogP contribution in [-0.4, -0.2) is 109 Å². The summed E-state index contributed by atoms with van der Waals surface area (Å²) in [5.74, 6) is -0.630. The Labute approximate surface area is 303 Å². The Bertz CT molecular complexity index is 1520. The average molecular weight is 737 g/mol. The van der Waals surface area contributed by atoms with E-state index in [0.29, 0.717) is 28.5 Å². The summed E-state index contributed by atoms with van der Waals surface area (Å²) in [5, 5.41) is 14.5. The molecule has 2 fully saturated rings. The van der Waals surface area contributed by atoms with E-state index in [-0.39, 0.29) is 37.4 Å². The van der Waals surface area contributed by atoms with E-state index < -0.39 is 59.8 Å². The summed E-state index contributed by atoms with van der Waals surface area (Å²) in [6.07, 6.45) is 3.39. The molecule has 0 spiro atoms. The van der Waals surface area contributed by atoms with E-state index in [0.717, 1.165) is 11.1 Å². The SMILES string of the molecule is COc1cc2cc(c1Cl)CC(=O)C[C@H](OC(=O)[C@H](C)N(C)C(=O)CCSC)[C@]1(C)O[C@H]1[C@H](C)[C@@H]1C[C@@](O)(NC(=O)O1)[C@H](OC)/C=C/C=C(\C)C2. The van der Waals surface area contributed by atoms with Gasteiger partial charge >= 0.3 is 12.1 Å². The number of carbonyl (C=O) groups excluding carboxylic acids is 4. The number of ketones is 1. The first-order valence-corrected chi connectivity index (χ1v) is 18.4. The fourth-order valence-corrected chi connectivity index (χ4v) is 7.24. The second-order valence-electron chi connectivity index (χ2n) is 13.5. The molecule has 2 heterocycles. The average Bonchev–Trinajstić information content (AvgIpc) is 3.76. The van der Waals surface area contributed by atoms with Gasteiger partial charge in [-0.25, -0.2) is 9.59 Å². The summed E-state index contributed by atoms with van der Waals surface area (Å²) in [6, 6.07) is 2.74. The lowest BCUT2D eigenvalue weighted by molar-refractivity contribution is -0.162. The summed E-state index contributed by atoms with van der Waals surface area (Å²) in [6.45, 7) is 7.06. The Balaban J connectivity index is 1.73. The van der Waals surface area contributed by atoms with Crippen molar-refractivity contribution in [1.29, 1.82) is 0 Å². The number of allylic oxidation sites excluding steroid dienone is 3. The number of alkyl carbamates (subject to hydrolysis) is 1. The number of thioether (sulfide) groups is 1. The van der Waals surface area contributed by atoms with E-state index in [2.05, 4.69) is 5.32 Å². The van der Waals surface area contributed by atoms with Crippen molar-refractivity contribution in [2.45, 2.75) is 102 Å². The van der Waals surface area contributed by atoms with Crippen LogP contribution in [0.2, 0.25) is 5.02 Å². The van der Waals surface area contributed by atoms with Gasteiger partial charge in [0.15, 0.2) is 5.72 Å². The third-order valence-corrected chi connectivity index (χ3v) is 10.9. The minimum atomic E-state index is -1.81. The van der Waals surface area contributed by atoms with Crippen LogP contribution in [0, 0.1) is 5.92 Å². The lowest BCUT2D eigenvalue weighted by atomic mass is 9.83. The van der Waals surface area contributed by atoms with Crippen LogP contribution < -0.4 is 10.1 Å². The van der Waals surface area contributed by atoms with Crippen LogP contribution in [0.1, 0.15) is 58.1 Å². The number of nitrogens with one attached hydrogen (secondary N) is 1. The van der Waals surface area contributed by atoms with Crippen molar-refractivity contribution in [3.05, 3.63) is 52.1 Å². The number of methoxy groups -OCH3 is 2. The fourth-order valence-electron chi connectivity index (χ4n) is 6.61. The van der Waals surface area contributed by atoms with Crippen molar-refractivity contribution in [1.82, 2.24) is 10.2 Å². The number of esters is 1. The van der Waals surface area contributed by atoms with Crippen LogP contribution in [-0.2, 0) is 46.2 Å². The number of nitrogens with zero attached hydrogens (tertiary/aromatic N) is 1. The zero-order valence-electron chi connectivity index (χ0n) is 29.9. The molecule has 0 unspecified atom stereocenters. The molecule has 14 heteroatoms. The Kier molecular flexibility index (Phi) is 13.1. The third kappa shape index (κ3) is 9.03. The number of benzene rings is 1. The van der Waals surface area contributed by atoms with Crippen molar-refractivity contribution in [3.8, 4) is 5.75 Å². The van der Waals surface area contributed by atoms with Gasteiger partial charge in [-0.05, 0) is 50.6 Å². The largest absolute Gasteiger partial charge is 0.495 e. The van der Waals surface area contributed by atoms with Gasteiger partial charge in [0.05, 0.1) is 18.2 Å². The molecule has 0 radical (unpaired) electrons. The second-order valence-corrected chi connectivity index (χ2v) is 14.9. The van der Waals surface area contributed by atoms with Gasteiger partial charge in [-0.2, -0.15) is 11.8 Å². The van der Waals surface area contributed by atoms with Crippen molar-refractivity contribution in [3.63, 3.8) is 0 Å². The monoisotopic (exact) mass is 736 g/mol. The number of epoxide rings is 1. The van der Waals surface area contributed by atoms with Gasteiger partial charge in [0.1, 0.15) is 41.5 Å². The van der Waals surface area contributed by atoms with Crippen molar-refractivity contribution < 1.29 is 48.0 Å². The zero-order chi connectivity index (χ0) is 37.0. The number of likely N-dealkylation sites (N-methyl/N-ethyl adjacent to an activating group) is 1. The second kappa shape index (κ2) is 16.5. The number of amides is 2. The van der Waals surface area contributed by atoms with Gasteiger partial charge in [0, 0.05) is 51.5 Å². The van der Waals surface area contributed by atoms with E-state index in [9.17, 15) is 24.3 Å². The van der Waals surface area contributed by atoms with E-state index in [1.807, 2.05) is 38.3 Å². The molecule has 4 bridgehead atoms. The van der Waals surface area contributed by atoms with E-state index in [1.54, 1.807) is 33.0 Å². The molecule has 2 aliphatic heterocycles. The number of hydrogen-bond acceptors (Lipinski definition) is 11. The molecule has 1 aliphatic carbocycles.